The summed E-state index contributed by atoms with van der Waals surface area (Å²) in [5.74, 6) is -6.08. The first-order valence-corrected chi connectivity index (χ1v) is 13.2. The minimum absolute atomic E-state index is 0.00136. The van der Waals surface area contributed by atoms with Crippen LogP contribution in [-0.2, 0) is 4.79 Å². The van der Waals surface area contributed by atoms with Crippen LogP contribution in [0.2, 0.25) is 0 Å². The van der Waals surface area contributed by atoms with Crippen LogP contribution >= 0.6 is 0 Å². The summed E-state index contributed by atoms with van der Waals surface area (Å²) in [6.07, 6.45) is 7.65. The van der Waals surface area contributed by atoms with E-state index in [0.29, 0.717) is 18.8 Å². The lowest BCUT2D eigenvalue weighted by atomic mass is 9.45. The Morgan fingerprint density at radius 2 is 1.76 bits per heavy atom. The molecule has 0 amide bonds. The molecule has 7 heteroatoms. The van der Waals surface area contributed by atoms with Gasteiger partial charge in [0.2, 0.25) is 0 Å². The maximum Gasteiger partial charge on any atom is 0.311 e. The quantitative estimate of drug-likeness (QED) is 0.254. The lowest BCUT2D eigenvalue weighted by molar-refractivity contribution is -0.236. The van der Waals surface area contributed by atoms with Crippen molar-refractivity contribution in [1.29, 1.82) is 0 Å². The molecule has 4 rings (SSSR count). The summed E-state index contributed by atoms with van der Waals surface area (Å²) in [6.45, 7) is 7.95. The van der Waals surface area contributed by atoms with Crippen molar-refractivity contribution in [3.8, 4) is 0 Å². The summed E-state index contributed by atoms with van der Waals surface area (Å²) in [4.78, 5) is 11.2. The number of rotatable bonds is 6. The van der Waals surface area contributed by atoms with Crippen molar-refractivity contribution in [2.24, 2.45) is 46.3 Å². The van der Waals surface area contributed by atoms with E-state index >= 15 is 0 Å². The number of fused-ring (bicyclic) bond motifs is 5. The van der Waals surface area contributed by atoms with E-state index in [2.05, 4.69) is 20.8 Å². The van der Waals surface area contributed by atoms with E-state index in [-0.39, 0.29) is 40.9 Å². The molecule has 4 aliphatic rings. The number of hydrogen-bond donors (Lipinski definition) is 6. The van der Waals surface area contributed by atoms with Crippen LogP contribution in [0.3, 0.4) is 0 Å². The number of carbonyl (C=O) groups is 1. The van der Waals surface area contributed by atoms with E-state index in [1.807, 2.05) is 0 Å². The second-order valence-electron chi connectivity index (χ2n) is 12.7. The summed E-state index contributed by atoms with van der Waals surface area (Å²) in [5, 5.41) is 62.6. The zero-order valence-electron chi connectivity index (χ0n) is 21.1. The van der Waals surface area contributed by atoms with Crippen LogP contribution in [0.1, 0.15) is 85.5 Å². The lowest BCUT2D eigenvalue weighted by Crippen LogP contribution is -2.59. The van der Waals surface area contributed by atoms with Gasteiger partial charge in [0.05, 0.1) is 6.10 Å². The normalized spacial score (nSPS) is 43.2. The van der Waals surface area contributed by atoms with Crippen LogP contribution < -0.4 is 0 Å². The molecule has 34 heavy (non-hydrogen) atoms. The molecule has 6 unspecified atom stereocenters. The fourth-order valence-corrected chi connectivity index (χ4v) is 8.69. The number of aliphatic carboxylic acids is 1. The summed E-state index contributed by atoms with van der Waals surface area (Å²) < 4.78 is 0. The van der Waals surface area contributed by atoms with Gasteiger partial charge in [0.15, 0.2) is 11.6 Å². The van der Waals surface area contributed by atoms with Crippen LogP contribution in [0.4, 0.5) is 0 Å². The Morgan fingerprint density at radius 3 is 2.41 bits per heavy atom. The van der Waals surface area contributed by atoms with Gasteiger partial charge in [-0.1, -0.05) is 26.3 Å². The molecule has 0 radical (unpaired) electrons. The fourth-order valence-electron chi connectivity index (χ4n) is 8.69. The largest absolute Gasteiger partial charge is 0.481 e. The average Bonchev–Trinajstić information content (AvgIpc) is 3.09. The minimum Gasteiger partial charge on any atom is -0.481 e. The SMILES string of the molecule is CC(CCC(O)(O)C(C)C(=O)O)C1CCC2C3C(CC[C@]12C)[C@@]1(C)CC[C@H](O)CC1=CC3(O)O. The summed E-state index contributed by atoms with van der Waals surface area (Å²) in [6, 6.07) is 0. The third kappa shape index (κ3) is 4.05. The van der Waals surface area contributed by atoms with E-state index in [9.17, 15) is 35.4 Å². The van der Waals surface area contributed by atoms with E-state index in [1.54, 1.807) is 6.08 Å². The van der Waals surface area contributed by atoms with Crippen molar-refractivity contribution >= 4 is 5.97 Å². The highest BCUT2D eigenvalue weighted by molar-refractivity contribution is 5.70. The third-order valence-electron chi connectivity index (χ3n) is 10.9. The van der Waals surface area contributed by atoms with Gasteiger partial charge in [0.25, 0.3) is 0 Å². The van der Waals surface area contributed by atoms with Crippen molar-refractivity contribution in [3.63, 3.8) is 0 Å². The predicted octanol–water partition coefficient (Wildman–Crippen LogP) is 3.04. The highest BCUT2D eigenvalue weighted by Crippen LogP contribution is 2.68. The molecule has 9 atom stereocenters. The maximum atomic E-state index is 11.3. The Bertz CT molecular complexity index is 835. The van der Waals surface area contributed by atoms with Crippen LogP contribution in [0.25, 0.3) is 0 Å². The lowest BCUT2D eigenvalue weighted by Gasteiger charge is -2.61. The molecule has 6 N–H and O–H groups in total. The van der Waals surface area contributed by atoms with Gasteiger partial charge in [-0.2, -0.15) is 0 Å². The number of aliphatic hydroxyl groups excluding tert-OH is 1. The zero-order valence-corrected chi connectivity index (χ0v) is 21.1. The molecule has 194 valence electrons. The molecule has 0 aromatic carbocycles. The molecule has 3 fully saturated rings. The summed E-state index contributed by atoms with van der Waals surface area (Å²) >= 11 is 0. The molecule has 0 saturated heterocycles. The van der Waals surface area contributed by atoms with E-state index in [4.69, 9.17) is 0 Å². The van der Waals surface area contributed by atoms with Crippen LogP contribution in [-0.4, -0.2) is 54.3 Å². The van der Waals surface area contributed by atoms with Gasteiger partial charge < -0.3 is 30.6 Å². The van der Waals surface area contributed by atoms with Gasteiger partial charge in [0.1, 0.15) is 5.92 Å². The molecule has 0 aliphatic heterocycles. The first kappa shape index (κ1) is 26.1. The Kier molecular flexibility index (Phi) is 6.56. The minimum atomic E-state index is -2.24. The van der Waals surface area contributed by atoms with Gasteiger partial charge in [-0.25, -0.2) is 0 Å². The van der Waals surface area contributed by atoms with Gasteiger partial charge in [-0.3, -0.25) is 4.79 Å². The number of carboxylic acids is 1. The molecule has 3 saturated carbocycles. The van der Waals surface area contributed by atoms with Gasteiger partial charge >= 0.3 is 5.97 Å². The summed E-state index contributed by atoms with van der Waals surface area (Å²) in [7, 11) is 0. The molecule has 0 bridgehead atoms. The zero-order chi connectivity index (χ0) is 25.3. The number of aliphatic hydroxyl groups is 5. The number of carboxylic acid groups (broad SMARTS) is 1. The Balaban J connectivity index is 1.55. The molecular formula is C27H44O7. The highest BCUT2D eigenvalue weighted by atomic mass is 16.5. The topological polar surface area (TPSA) is 138 Å². The smallest absolute Gasteiger partial charge is 0.311 e. The van der Waals surface area contributed by atoms with Crippen LogP contribution in [0.5, 0.6) is 0 Å². The first-order chi connectivity index (χ1) is 15.6. The van der Waals surface area contributed by atoms with Crippen LogP contribution in [0.15, 0.2) is 11.6 Å². The Labute approximate surface area is 202 Å². The van der Waals surface area contributed by atoms with Gasteiger partial charge in [-0.05, 0) is 98.9 Å². The highest BCUT2D eigenvalue weighted by Gasteiger charge is 2.64. The van der Waals surface area contributed by atoms with Gasteiger partial charge in [0, 0.05) is 12.3 Å². The summed E-state index contributed by atoms with van der Waals surface area (Å²) in [5.41, 5.74) is 0.808. The van der Waals surface area contributed by atoms with Crippen LogP contribution in [0, 0.1) is 46.3 Å². The monoisotopic (exact) mass is 480 g/mol. The predicted molar refractivity (Wildman–Crippen MR) is 126 cm³/mol. The van der Waals surface area contributed by atoms with Crippen molar-refractivity contribution < 1.29 is 35.4 Å². The molecule has 7 nitrogen and oxygen atoms in total. The second-order valence-corrected chi connectivity index (χ2v) is 12.7. The maximum absolute atomic E-state index is 11.3. The van der Waals surface area contributed by atoms with Crippen molar-refractivity contribution in [2.75, 3.05) is 0 Å². The number of hydrogen-bond acceptors (Lipinski definition) is 6. The molecular weight excluding hydrogens is 436 g/mol. The molecule has 0 spiro atoms. The van der Waals surface area contributed by atoms with E-state index in [0.717, 1.165) is 44.1 Å². The van der Waals surface area contributed by atoms with E-state index in [1.165, 1.54) is 6.92 Å². The van der Waals surface area contributed by atoms with Crippen molar-refractivity contribution in [2.45, 2.75) is 103 Å². The van der Waals surface area contributed by atoms with Gasteiger partial charge in [-0.15, -0.1) is 0 Å². The fraction of sp³-hybridized carbons (Fsp3) is 0.889. The average molecular weight is 481 g/mol. The second kappa shape index (κ2) is 8.55. The molecule has 0 aromatic heterocycles. The molecule has 4 aliphatic carbocycles. The molecule has 0 heterocycles. The van der Waals surface area contributed by atoms with Crippen molar-refractivity contribution in [1.82, 2.24) is 0 Å². The Morgan fingerprint density at radius 1 is 1.09 bits per heavy atom. The standard InChI is InChI=1S/C27H44O7/c1-15(7-12-26(31,32)16(2)23(29)30)19-5-6-20-22-21(9-11-25(19,20)4)24(3)10-8-18(28)13-17(24)14-27(22,33)34/h14-16,18-22,28,31-34H,5-13H2,1-4H3,(H,29,30)/t15?,16?,18-,19?,20?,21?,22?,24-,25+/m0/s1. The molecule has 0 aromatic rings. The van der Waals surface area contributed by atoms with E-state index < -0.39 is 29.6 Å². The first-order valence-electron chi connectivity index (χ1n) is 13.2. The Hall–Kier alpha value is -0.990. The third-order valence-corrected chi connectivity index (χ3v) is 10.9. The van der Waals surface area contributed by atoms with Crippen molar-refractivity contribution in [3.05, 3.63) is 11.6 Å².